The fourth-order valence-electron chi connectivity index (χ4n) is 1.21. The van der Waals surface area contributed by atoms with Gasteiger partial charge in [-0.3, -0.25) is 0 Å². The zero-order chi connectivity index (χ0) is 10.3. The van der Waals surface area contributed by atoms with Gasteiger partial charge in [0.2, 0.25) is 0 Å². The normalized spacial score (nSPS) is 12.1. The summed E-state index contributed by atoms with van der Waals surface area (Å²) < 4.78 is 27.1. The van der Waals surface area contributed by atoms with Gasteiger partial charge in [-0.2, -0.15) is 0 Å². The molecule has 0 atom stereocenters. The fraction of sp³-hybridized carbons (Fsp3) is 0. The van der Waals surface area contributed by atoms with Gasteiger partial charge in [0.1, 0.15) is 0 Å². The first-order chi connectivity index (χ1) is 6.50. The van der Waals surface area contributed by atoms with Crippen LogP contribution in [0.2, 0.25) is 5.02 Å². The molecule has 1 heterocycles. The molecule has 1 aromatic heterocycles. The van der Waals surface area contributed by atoms with E-state index >= 15 is 0 Å². The van der Waals surface area contributed by atoms with Crippen molar-refractivity contribution in [3.05, 3.63) is 29.7 Å². The Labute approximate surface area is 89.6 Å². The summed E-state index contributed by atoms with van der Waals surface area (Å²) in [5, 5.41) is 1.36. The molecule has 0 spiro atoms. The standard InChI is InChI=1S/C8H4Cl2O3S/c9-7-1-2-8(14(10,11)12)6-4-13-3-5(6)7/h1-4H. The second-order valence-corrected chi connectivity index (χ2v) is 5.62. The Bertz CT molecular complexity index is 586. The first-order valence-corrected chi connectivity index (χ1v) is 6.28. The molecule has 2 rings (SSSR count). The Morgan fingerprint density at radius 2 is 1.79 bits per heavy atom. The molecule has 0 radical (unpaired) electrons. The van der Waals surface area contributed by atoms with E-state index in [0.717, 1.165) is 0 Å². The van der Waals surface area contributed by atoms with Crippen LogP contribution in [0.25, 0.3) is 10.8 Å². The lowest BCUT2D eigenvalue weighted by Crippen LogP contribution is -1.90. The second kappa shape index (κ2) is 3.15. The van der Waals surface area contributed by atoms with E-state index in [1.165, 1.54) is 24.7 Å². The molecule has 3 nitrogen and oxygen atoms in total. The Hall–Kier alpha value is -0.710. The topological polar surface area (TPSA) is 47.3 Å². The molecule has 2 aromatic rings. The Balaban J connectivity index is 2.93. The van der Waals surface area contributed by atoms with Gasteiger partial charge in [-0.1, -0.05) is 11.6 Å². The Morgan fingerprint density at radius 3 is 2.43 bits per heavy atom. The van der Waals surface area contributed by atoms with Crippen molar-refractivity contribution in [2.45, 2.75) is 4.90 Å². The van der Waals surface area contributed by atoms with Crippen LogP contribution in [0.5, 0.6) is 0 Å². The molecule has 0 aliphatic rings. The molecule has 0 aliphatic heterocycles. The molecule has 0 amide bonds. The molecule has 0 N–H and O–H groups in total. The number of rotatable bonds is 1. The van der Waals surface area contributed by atoms with Crippen LogP contribution in [0.4, 0.5) is 0 Å². The van der Waals surface area contributed by atoms with Crippen molar-refractivity contribution in [3.63, 3.8) is 0 Å². The quantitative estimate of drug-likeness (QED) is 0.732. The third-order valence-electron chi connectivity index (χ3n) is 1.83. The summed E-state index contributed by atoms with van der Waals surface area (Å²) in [5.74, 6) is 0. The minimum atomic E-state index is -3.76. The van der Waals surface area contributed by atoms with Crippen LogP contribution in [0.15, 0.2) is 34.0 Å². The van der Waals surface area contributed by atoms with Crippen LogP contribution in [0.3, 0.4) is 0 Å². The third-order valence-corrected chi connectivity index (χ3v) is 3.54. The largest absolute Gasteiger partial charge is 0.471 e. The van der Waals surface area contributed by atoms with E-state index in [-0.39, 0.29) is 4.90 Å². The number of halogens is 2. The van der Waals surface area contributed by atoms with Gasteiger partial charge in [-0.15, -0.1) is 0 Å². The lowest BCUT2D eigenvalue weighted by molar-refractivity contribution is 0.571. The average Bonchev–Trinajstić information content (AvgIpc) is 2.50. The third kappa shape index (κ3) is 1.49. The first kappa shape index (κ1) is 9.83. The van der Waals surface area contributed by atoms with Crippen LogP contribution in [-0.4, -0.2) is 8.42 Å². The van der Waals surface area contributed by atoms with Gasteiger partial charge in [0.05, 0.1) is 22.4 Å². The number of benzene rings is 1. The Kier molecular flexibility index (Phi) is 2.21. The monoisotopic (exact) mass is 250 g/mol. The van der Waals surface area contributed by atoms with Crippen molar-refractivity contribution in [2.24, 2.45) is 0 Å². The molecule has 0 bridgehead atoms. The van der Waals surface area contributed by atoms with Crippen molar-refractivity contribution in [2.75, 3.05) is 0 Å². The minimum absolute atomic E-state index is 0.00677. The van der Waals surface area contributed by atoms with Crippen LogP contribution < -0.4 is 0 Å². The highest BCUT2D eigenvalue weighted by atomic mass is 35.7. The number of furan rings is 1. The van der Waals surface area contributed by atoms with Crippen molar-refractivity contribution < 1.29 is 12.8 Å². The van der Waals surface area contributed by atoms with E-state index in [1.807, 2.05) is 0 Å². The lowest BCUT2D eigenvalue weighted by Gasteiger charge is -1.98. The molecular formula is C8H4Cl2O3S. The first-order valence-electron chi connectivity index (χ1n) is 3.59. The van der Waals surface area contributed by atoms with E-state index < -0.39 is 9.05 Å². The molecular weight excluding hydrogens is 247 g/mol. The molecule has 0 saturated heterocycles. The molecule has 14 heavy (non-hydrogen) atoms. The molecule has 1 aromatic carbocycles. The molecule has 74 valence electrons. The van der Waals surface area contributed by atoms with Gasteiger partial charge in [-0.05, 0) is 12.1 Å². The zero-order valence-electron chi connectivity index (χ0n) is 6.70. The summed E-state index contributed by atoms with van der Waals surface area (Å²) >= 11 is 5.82. The van der Waals surface area contributed by atoms with Crippen LogP contribution in [-0.2, 0) is 9.05 Å². The van der Waals surface area contributed by atoms with E-state index in [4.69, 9.17) is 26.7 Å². The highest BCUT2D eigenvalue weighted by Gasteiger charge is 2.16. The van der Waals surface area contributed by atoms with Crippen molar-refractivity contribution in [1.29, 1.82) is 0 Å². The van der Waals surface area contributed by atoms with Crippen molar-refractivity contribution >= 4 is 42.1 Å². The van der Waals surface area contributed by atoms with E-state index in [1.54, 1.807) is 0 Å². The maximum atomic E-state index is 11.1. The minimum Gasteiger partial charge on any atom is -0.471 e. The predicted octanol–water partition coefficient (Wildman–Crippen LogP) is 3.01. The molecule has 6 heteroatoms. The lowest BCUT2D eigenvalue weighted by atomic mass is 10.2. The summed E-state index contributed by atoms with van der Waals surface area (Å²) in [5.41, 5.74) is 0. The smallest absolute Gasteiger partial charge is 0.262 e. The number of hydrogen-bond acceptors (Lipinski definition) is 3. The molecule has 0 fully saturated rings. The number of hydrogen-bond donors (Lipinski definition) is 0. The summed E-state index contributed by atoms with van der Waals surface area (Å²) in [7, 11) is 1.47. The maximum absolute atomic E-state index is 11.1. The van der Waals surface area contributed by atoms with Crippen LogP contribution in [0.1, 0.15) is 0 Å². The highest BCUT2D eigenvalue weighted by Crippen LogP contribution is 2.31. The average molecular weight is 251 g/mol. The van der Waals surface area contributed by atoms with Gasteiger partial charge in [-0.25, -0.2) is 8.42 Å². The summed E-state index contributed by atoms with van der Waals surface area (Å²) in [6.07, 6.45) is 2.68. The van der Waals surface area contributed by atoms with E-state index in [0.29, 0.717) is 15.8 Å². The second-order valence-electron chi connectivity index (χ2n) is 2.68. The molecule has 0 saturated carbocycles. The summed E-state index contributed by atoms with van der Waals surface area (Å²) in [6.45, 7) is 0. The van der Waals surface area contributed by atoms with Crippen LogP contribution >= 0.6 is 22.3 Å². The van der Waals surface area contributed by atoms with E-state index in [9.17, 15) is 8.42 Å². The van der Waals surface area contributed by atoms with Gasteiger partial charge in [0.25, 0.3) is 9.05 Å². The van der Waals surface area contributed by atoms with Gasteiger partial charge in [0, 0.05) is 21.5 Å². The van der Waals surface area contributed by atoms with E-state index in [2.05, 4.69) is 0 Å². The summed E-state index contributed by atoms with van der Waals surface area (Å²) in [4.78, 5) is 0.00677. The predicted molar refractivity (Wildman–Crippen MR) is 54.3 cm³/mol. The van der Waals surface area contributed by atoms with Gasteiger partial charge in [0.15, 0.2) is 0 Å². The van der Waals surface area contributed by atoms with Crippen molar-refractivity contribution in [3.8, 4) is 0 Å². The highest BCUT2D eigenvalue weighted by molar-refractivity contribution is 8.14. The fourth-order valence-corrected chi connectivity index (χ4v) is 2.48. The number of fused-ring (bicyclic) bond motifs is 1. The maximum Gasteiger partial charge on any atom is 0.262 e. The van der Waals surface area contributed by atoms with Crippen molar-refractivity contribution in [1.82, 2.24) is 0 Å². The summed E-state index contributed by atoms with van der Waals surface area (Å²) in [6, 6.07) is 2.82. The molecule has 0 unspecified atom stereocenters. The SMILES string of the molecule is O=S(=O)(Cl)c1ccc(Cl)c2cocc12. The molecule has 0 aliphatic carbocycles. The van der Waals surface area contributed by atoms with Gasteiger partial charge >= 0.3 is 0 Å². The zero-order valence-corrected chi connectivity index (χ0v) is 9.03. The Morgan fingerprint density at radius 1 is 1.14 bits per heavy atom. The van der Waals surface area contributed by atoms with Gasteiger partial charge < -0.3 is 4.42 Å². The van der Waals surface area contributed by atoms with Crippen LogP contribution in [0, 0.1) is 0 Å².